The van der Waals surface area contributed by atoms with Gasteiger partial charge in [-0.05, 0) is 54.6 Å². The van der Waals surface area contributed by atoms with Crippen LogP contribution >= 0.6 is 23.2 Å². The van der Waals surface area contributed by atoms with E-state index in [2.05, 4.69) is 5.32 Å². The van der Waals surface area contributed by atoms with Crippen molar-refractivity contribution in [3.8, 4) is 11.3 Å². The lowest BCUT2D eigenvalue weighted by molar-refractivity contribution is -0.113. The Morgan fingerprint density at radius 1 is 1.03 bits per heavy atom. The van der Waals surface area contributed by atoms with Crippen LogP contribution in [0.1, 0.15) is 16.1 Å². The largest absolute Gasteiger partial charge is 0.478 e. The van der Waals surface area contributed by atoms with E-state index in [1.807, 2.05) is 0 Å². The highest BCUT2D eigenvalue weighted by Crippen LogP contribution is 2.29. The Balaban J connectivity index is 1.61. The van der Waals surface area contributed by atoms with Gasteiger partial charge in [-0.3, -0.25) is 4.79 Å². The maximum absolute atomic E-state index is 12.7. The molecule has 3 amide bonds. The van der Waals surface area contributed by atoms with Gasteiger partial charge in [-0.15, -0.1) is 0 Å². The van der Waals surface area contributed by atoms with Gasteiger partial charge in [0.25, 0.3) is 5.91 Å². The van der Waals surface area contributed by atoms with Crippen LogP contribution in [0.4, 0.5) is 10.5 Å². The van der Waals surface area contributed by atoms with Gasteiger partial charge in [0.15, 0.2) is 0 Å². The molecule has 30 heavy (non-hydrogen) atoms. The standard InChI is InChI=1S/C21H12Cl2N2O5/c22-12-2-4-13(5-3-12)25-19(26)17(24-21(25)29)10-14-6-8-18(30-14)11-1-7-16(23)15(9-11)20(27)28/h1-10H,(H,24,29)(H,27,28)/b17-10-. The monoisotopic (exact) mass is 442 g/mol. The Hall–Kier alpha value is -3.55. The summed E-state index contributed by atoms with van der Waals surface area (Å²) in [5.74, 6) is -1.01. The molecule has 0 spiro atoms. The van der Waals surface area contributed by atoms with Gasteiger partial charge >= 0.3 is 12.0 Å². The van der Waals surface area contributed by atoms with Gasteiger partial charge in [0, 0.05) is 16.7 Å². The fourth-order valence-corrected chi connectivity index (χ4v) is 3.25. The molecule has 1 aromatic heterocycles. The molecule has 2 heterocycles. The van der Waals surface area contributed by atoms with E-state index in [4.69, 9.17) is 27.6 Å². The van der Waals surface area contributed by atoms with Crippen LogP contribution < -0.4 is 10.2 Å². The Bertz CT molecular complexity index is 1210. The van der Waals surface area contributed by atoms with Crippen LogP contribution in [0.2, 0.25) is 10.0 Å². The quantitative estimate of drug-likeness (QED) is 0.434. The van der Waals surface area contributed by atoms with Crippen molar-refractivity contribution in [3.63, 3.8) is 0 Å². The third kappa shape index (κ3) is 3.68. The normalized spacial score (nSPS) is 15.0. The number of carbonyl (C=O) groups excluding carboxylic acids is 2. The number of carboxylic acids is 1. The number of hydrogen-bond donors (Lipinski definition) is 2. The highest BCUT2D eigenvalue weighted by molar-refractivity contribution is 6.33. The van der Waals surface area contributed by atoms with E-state index < -0.39 is 17.9 Å². The zero-order chi connectivity index (χ0) is 21.4. The maximum atomic E-state index is 12.7. The molecule has 0 bridgehead atoms. The van der Waals surface area contributed by atoms with Crippen molar-refractivity contribution in [2.45, 2.75) is 0 Å². The number of carboxylic acid groups (broad SMARTS) is 1. The molecule has 1 aliphatic rings. The summed E-state index contributed by atoms with van der Waals surface area (Å²) >= 11 is 11.7. The summed E-state index contributed by atoms with van der Waals surface area (Å²) in [7, 11) is 0. The van der Waals surface area contributed by atoms with Gasteiger partial charge in [-0.2, -0.15) is 0 Å². The van der Waals surface area contributed by atoms with Gasteiger partial charge in [0.05, 0.1) is 16.3 Å². The number of nitrogens with zero attached hydrogens (tertiary/aromatic N) is 1. The first-order valence-electron chi connectivity index (χ1n) is 8.59. The topological polar surface area (TPSA) is 99.9 Å². The number of halogens is 2. The number of rotatable bonds is 4. The van der Waals surface area contributed by atoms with E-state index >= 15 is 0 Å². The van der Waals surface area contributed by atoms with Crippen LogP contribution in [-0.4, -0.2) is 23.0 Å². The number of urea groups is 1. The number of benzene rings is 2. The van der Waals surface area contributed by atoms with Gasteiger partial charge in [0.1, 0.15) is 17.2 Å². The van der Waals surface area contributed by atoms with Crippen LogP contribution in [-0.2, 0) is 4.79 Å². The summed E-state index contributed by atoms with van der Waals surface area (Å²) in [6, 6.07) is 13.4. The minimum absolute atomic E-state index is 0.0400. The lowest BCUT2D eigenvalue weighted by atomic mass is 10.1. The smallest absolute Gasteiger partial charge is 0.337 e. The zero-order valence-corrected chi connectivity index (χ0v) is 16.6. The minimum atomic E-state index is -1.16. The second-order valence-electron chi connectivity index (χ2n) is 6.31. The molecule has 2 N–H and O–H groups in total. The van der Waals surface area contributed by atoms with Crippen molar-refractivity contribution in [2.75, 3.05) is 4.90 Å². The van der Waals surface area contributed by atoms with Gasteiger partial charge in [-0.25, -0.2) is 14.5 Å². The molecule has 9 heteroatoms. The lowest BCUT2D eigenvalue weighted by Gasteiger charge is -2.11. The second-order valence-corrected chi connectivity index (χ2v) is 7.15. The summed E-state index contributed by atoms with van der Waals surface area (Å²) < 4.78 is 5.69. The number of imide groups is 1. The maximum Gasteiger partial charge on any atom is 0.337 e. The summed E-state index contributed by atoms with van der Waals surface area (Å²) in [5.41, 5.74) is 0.874. The lowest BCUT2D eigenvalue weighted by Crippen LogP contribution is -2.30. The number of furan rings is 1. The molecule has 0 unspecified atom stereocenters. The third-order valence-electron chi connectivity index (χ3n) is 4.36. The number of carbonyl (C=O) groups is 3. The van der Waals surface area contributed by atoms with Gasteiger partial charge in [0.2, 0.25) is 0 Å². The summed E-state index contributed by atoms with van der Waals surface area (Å²) in [4.78, 5) is 37.2. The molecule has 1 saturated heterocycles. The first-order chi connectivity index (χ1) is 14.3. The number of nitrogens with one attached hydrogen (secondary N) is 1. The van der Waals surface area contributed by atoms with Crippen LogP contribution in [0.3, 0.4) is 0 Å². The SMILES string of the molecule is O=C(O)c1cc(-c2ccc(/C=C3\NC(=O)N(c4ccc(Cl)cc4)C3=O)o2)ccc1Cl. The molecule has 1 aliphatic heterocycles. The average molecular weight is 443 g/mol. The third-order valence-corrected chi connectivity index (χ3v) is 4.94. The molecule has 0 atom stereocenters. The molecular formula is C21H12Cl2N2O5. The van der Waals surface area contributed by atoms with Gasteiger partial charge in [-0.1, -0.05) is 23.2 Å². The summed E-state index contributed by atoms with van der Waals surface area (Å²) in [6.07, 6.45) is 1.40. The molecular weight excluding hydrogens is 431 g/mol. The van der Waals surface area contributed by atoms with E-state index in [1.54, 1.807) is 42.5 Å². The first-order valence-corrected chi connectivity index (χ1v) is 9.35. The van der Waals surface area contributed by atoms with Crippen molar-refractivity contribution in [1.29, 1.82) is 0 Å². The number of anilines is 1. The Morgan fingerprint density at radius 3 is 2.47 bits per heavy atom. The van der Waals surface area contributed by atoms with Crippen LogP contribution in [0, 0.1) is 0 Å². The van der Waals surface area contributed by atoms with Crippen LogP contribution in [0.5, 0.6) is 0 Å². The van der Waals surface area contributed by atoms with E-state index in [0.717, 1.165) is 4.90 Å². The van der Waals surface area contributed by atoms with Crippen LogP contribution in [0.25, 0.3) is 17.4 Å². The fourth-order valence-electron chi connectivity index (χ4n) is 2.93. The Kier molecular flexibility index (Phi) is 5.07. The first kappa shape index (κ1) is 19.8. The second kappa shape index (κ2) is 7.70. The summed E-state index contributed by atoms with van der Waals surface area (Å²) in [6.45, 7) is 0. The van der Waals surface area contributed by atoms with Crippen molar-refractivity contribution in [2.24, 2.45) is 0 Å². The predicted molar refractivity (Wildman–Crippen MR) is 112 cm³/mol. The van der Waals surface area contributed by atoms with Crippen LogP contribution in [0.15, 0.2) is 64.7 Å². The van der Waals surface area contributed by atoms with Crippen molar-refractivity contribution in [1.82, 2.24) is 5.32 Å². The predicted octanol–water partition coefficient (Wildman–Crippen LogP) is 5.05. The number of aromatic carboxylic acids is 1. The molecule has 0 radical (unpaired) electrons. The average Bonchev–Trinajstić information content (AvgIpc) is 3.28. The minimum Gasteiger partial charge on any atom is -0.478 e. The van der Waals surface area contributed by atoms with E-state index in [1.165, 1.54) is 18.2 Å². The Labute approximate surface area is 180 Å². The Morgan fingerprint density at radius 2 is 1.77 bits per heavy atom. The summed E-state index contributed by atoms with van der Waals surface area (Å²) in [5, 5.41) is 12.3. The number of hydrogen-bond acceptors (Lipinski definition) is 4. The van der Waals surface area contributed by atoms with Crippen molar-refractivity contribution < 1.29 is 23.9 Å². The molecule has 0 saturated carbocycles. The molecule has 4 rings (SSSR count). The van der Waals surface area contributed by atoms with Crippen molar-refractivity contribution >= 4 is 52.9 Å². The van der Waals surface area contributed by atoms with Crippen molar-refractivity contribution in [3.05, 3.63) is 81.7 Å². The van der Waals surface area contributed by atoms with Gasteiger partial charge < -0.3 is 14.8 Å². The molecule has 7 nitrogen and oxygen atoms in total. The molecule has 1 fully saturated rings. The van der Waals surface area contributed by atoms with E-state index in [0.29, 0.717) is 27.8 Å². The van der Waals surface area contributed by atoms with E-state index in [-0.39, 0.29) is 16.3 Å². The molecule has 2 aromatic carbocycles. The highest BCUT2D eigenvalue weighted by atomic mass is 35.5. The molecule has 150 valence electrons. The zero-order valence-electron chi connectivity index (χ0n) is 15.1. The molecule has 3 aromatic rings. The fraction of sp³-hybridized carbons (Fsp3) is 0. The highest BCUT2D eigenvalue weighted by Gasteiger charge is 2.35. The number of amides is 3. The molecule has 0 aliphatic carbocycles. The van der Waals surface area contributed by atoms with E-state index in [9.17, 15) is 19.5 Å².